The van der Waals surface area contributed by atoms with Gasteiger partial charge < -0.3 is 34.5 Å². The van der Waals surface area contributed by atoms with Gasteiger partial charge in [0, 0.05) is 12.8 Å². The Hall–Kier alpha value is -3.34. The summed E-state index contributed by atoms with van der Waals surface area (Å²) < 4.78 is 26.5. The third-order valence-electron chi connectivity index (χ3n) is 5.88. The minimum atomic E-state index is -1.38. The predicted molar refractivity (Wildman–Crippen MR) is 134 cm³/mol. The lowest BCUT2D eigenvalue weighted by atomic mass is 9.87. The van der Waals surface area contributed by atoms with Crippen molar-refractivity contribution in [3.63, 3.8) is 0 Å². The number of ether oxygens (including phenoxy) is 5. The molecule has 0 saturated carbocycles. The van der Waals surface area contributed by atoms with Crippen molar-refractivity contribution in [2.45, 2.75) is 104 Å². The number of carbonyl (C=O) groups is 4. The van der Waals surface area contributed by atoms with Crippen molar-refractivity contribution >= 4 is 24.2 Å². The van der Waals surface area contributed by atoms with Gasteiger partial charge in [-0.2, -0.15) is 0 Å². The van der Waals surface area contributed by atoms with E-state index in [-0.39, 0.29) is 17.9 Å². The summed E-state index contributed by atoms with van der Waals surface area (Å²) in [5, 5.41) is 9.56. The van der Waals surface area contributed by atoms with Crippen LogP contribution < -0.4 is 15.2 Å². The van der Waals surface area contributed by atoms with Crippen LogP contribution in [0.1, 0.15) is 86.1 Å². The standard InChI is InChI=1S/C26H39NO10/c1-9-25(5,6)36-23(31)34-19-12-11-17(14-20(19)35-24(32)37-26(7,8)10-2)18(21(27)22(29)30)13-15(3)33-16(4)28/h11-12,14-15,18,21H,9-10,13,27H2,1-8H3,(H,29,30)/t15?,18?,21-/m0/s1. The molecule has 1 aromatic rings. The second-order valence-electron chi connectivity index (χ2n) is 9.97. The molecule has 0 amide bonds. The van der Waals surface area contributed by atoms with E-state index in [2.05, 4.69) is 0 Å². The number of carboxylic acid groups (broad SMARTS) is 1. The van der Waals surface area contributed by atoms with Gasteiger partial charge in [-0.15, -0.1) is 0 Å². The Balaban J connectivity index is 3.44. The fourth-order valence-corrected chi connectivity index (χ4v) is 3.09. The molecule has 0 saturated heterocycles. The van der Waals surface area contributed by atoms with Crippen LogP contribution in [0.4, 0.5) is 9.59 Å². The number of benzene rings is 1. The van der Waals surface area contributed by atoms with Crippen molar-refractivity contribution < 1.29 is 48.0 Å². The number of carbonyl (C=O) groups excluding carboxylic acids is 3. The first-order valence-corrected chi connectivity index (χ1v) is 12.1. The van der Waals surface area contributed by atoms with Gasteiger partial charge in [-0.05, 0) is 71.6 Å². The largest absolute Gasteiger partial charge is 0.514 e. The zero-order valence-corrected chi connectivity index (χ0v) is 22.8. The summed E-state index contributed by atoms with van der Waals surface area (Å²) in [7, 11) is 0. The van der Waals surface area contributed by atoms with E-state index in [4.69, 9.17) is 29.4 Å². The molecule has 0 aromatic heterocycles. The number of aliphatic carboxylic acids is 1. The molecule has 0 heterocycles. The van der Waals surface area contributed by atoms with Crippen LogP contribution in [0, 0.1) is 0 Å². The van der Waals surface area contributed by atoms with Crippen LogP contribution in [0.15, 0.2) is 18.2 Å². The van der Waals surface area contributed by atoms with Crippen LogP contribution in [-0.2, 0) is 23.8 Å². The first-order valence-electron chi connectivity index (χ1n) is 12.1. The highest BCUT2D eigenvalue weighted by atomic mass is 16.8. The van der Waals surface area contributed by atoms with E-state index < -0.39 is 53.5 Å². The molecule has 0 fully saturated rings. The van der Waals surface area contributed by atoms with E-state index in [1.807, 2.05) is 13.8 Å². The van der Waals surface area contributed by atoms with Crippen molar-refractivity contribution in [3.05, 3.63) is 23.8 Å². The van der Waals surface area contributed by atoms with Gasteiger partial charge in [0.1, 0.15) is 17.2 Å². The van der Waals surface area contributed by atoms with Gasteiger partial charge >= 0.3 is 24.2 Å². The van der Waals surface area contributed by atoms with E-state index in [1.54, 1.807) is 34.6 Å². The second-order valence-corrected chi connectivity index (χ2v) is 9.97. The van der Waals surface area contributed by atoms with Gasteiger partial charge in [0.25, 0.3) is 0 Å². The Bertz CT molecular complexity index is 972. The summed E-state index contributed by atoms with van der Waals surface area (Å²) in [6.07, 6.45) is -1.63. The van der Waals surface area contributed by atoms with Crippen molar-refractivity contribution in [1.29, 1.82) is 0 Å². The summed E-state index contributed by atoms with van der Waals surface area (Å²) in [6.45, 7) is 13.3. The summed E-state index contributed by atoms with van der Waals surface area (Å²) >= 11 is 0. The molecule has 0 aliphatic rings. The summed E-state index contributed by atoms with van der Waals surface area (Å²) in [6, 6.07) is 2.78. The fourth-order valence-electron chi connectivity index (χ4n) is 3.09. The molecule has 0 aliphatic heterocycles. The van der Waals surface area contributed by atoms with Crippen molar-refractivity contribution in [3.8, 4) is 11.5 Å². The molecular formula is C26H39NO10. The molecule has 2 unspecified atom stereocenters. The van der Waals surface area contributed by atoms with Gasteiger partial charge in [0.15, 0.2) is 11.5 Å². The third kappa shape index (κ3) is 10.7. The number of nitrogens with two attached hydrogens (primary N) is 1. The highest BCUT2D eigenvalue weighted by molar-refractivity contribution is 5.75. The quantitative estimate of drug-likeness (QED) is 0.216. The topological polar surface area (TPSA) is 161 Å². The lowest BCUT2D eigenvalue weighted by Crippen LogP contribution is -2.38. The summed E-state index contributed by atoms with van der Waals surface area (Å²) in [5.41, 5.74) is 4.68. The second kappa shape index (κ2) is 13.3. The molecule has 37 heavy (non-hydrogen) atoms. The molecule has 0 bridgehead atoms. The Morgan fingerprint density at radius 3 is 1.84 bits per heavy atom. The molecular weight excluding hydrogens is 486 g/mol. The molecule has 0 aliphatic carbocycles. The molecule has 11 heteroatoms. The maximum absolute atomic E-state index is 12.5. The smallest absolute Gasteiger partial charge is 0.480 e. The average Bonchev–Trinajstić information content (AvgIpc) is 2.76. The highest BCUT2D eigenvalue weighted by Crippen LogP contribution is 2.35. The lowest BCUT2D eigenvalue weighted by Gasteiger charge is -2.26. The molecule has 1 rings (SSSR count). The van der Waals surface area contributed by atoms with Gasteiger partial charge in [-0.1, -0.05) is 19.9 Å². The minimum Gasteiger partial charge on any atom is -0.480 e. The molecule has 0 spiro atoms. The van der Waals surface area contributed by atoms with Crippen molar-refractivity contribution in [1.82, 2.24) is 0 Å². The van der Waals surface area contributed by atoms with Crippen molar-refractivity contribution in [2.24, 2.45) is 5.73 Å². The molecule has 3 N–H and O–H groups in total. The van der Waals surface area contributed by atoms with E-state index in [0.29, 0.717) is 18.4 Å². The Morgan fingerprint density at radius 1 is 0.919 bits per heavy atom. The Labute approximate surface area is 217 Å². The van der Waals surface area contributed by atoms with Gasteiger partial charge in [0.05, 0.1) is 6.10 Å². The van der Waals surface area contributed by atoms with Crippen LogP contribution >= 0.6 is 0 Å². The van der Waals surface area contributed by atoms with E-state index in [1.165, 1.54) is 25.1 Å². The van der Waals surface area contributed by atoms with Crippen LogP contribution in [0.25, 0.3) is 0 Å². The Kier molecular flexibility index (Phi) is 11.4. The molecule has 3 atom stereocenters. The SMILES string of the molecule is CCC(C)(C)OC(=O)Oc1ccc(C(CC(C)OC(C)=O)[C@H](N)C(=O)O)cc1OC(=O)OC(C)(C)CC. The zero-order chi connectivity index (χ0) is 28.6. The number of hydrogen-bond acceptors (Lipinski definition) is 10. The third-order valence-corrected chi connectivity index (χ3v) is 5.88. The minimum absolute atomic E-state index is 0.0622. The first kappa shape index (κ1) is 31.7. The molecule has 208 valence electrons. The summed E-state index contributed by atoms with van der Waals surface area (Å²) in [4.78, 5) is 48.0. The first-order chi connectivity index (χ1) is 17.0. The lowest BCUT2D eigenvalue weighted by molar-refractivity contribution is -0.146. The van der Waals surface area contributed by atoms with Crippen LogP contribution in [0.3, 0.4) is 0 Å². The Morgan fingerprint density at radius 2 is 1.41 bits per heavy atom. The monoisotopic (exact) mass is 525 g/mol. The maximum atomic E-state index is 12.5. The van der Waals surface area contributed by atoms with Gasteiger partial charge in [0.2, 0.25) is 0 Å². The number of rotatable bonds is 12. The fraction of sp³-hybridized carbons (Fsp3) is 0.615. The molecule has 0 radical (unpaired) electrons. The van der Waals surface area contributed by atoms with Gasteiger partial charge in [-0.3, -0.25) is 9.59 Å². The van der Waals surface area contributed by atoms with E-state index in [9.17, 15) is 24.3 Å². The number of esters is 1. The number of hydrogen-bond donors (Lipinski definition) is 2. The van der Waals surface area contributed by atoms with Crippen LogP contribution in [-0.4, -0.2) is 52.7 Å². The molecule has 1 aromatic carbocycles. The molecule has 11 nitrogen and oxygen atoms in total. The van der Waals surface area contributed by atoms with E-state index >= 15 is 0 Å². The van der Waals surface area contributed by atoms with E-state index in [0.717, 1.165) is 0 Å². The van der Waals surface area contributed by atoms with Crippen molar-refractivity contribution in [2.75, 3.05) is 0 Å². The number of carboxylic acids is 1. The van der Waals surface area contributed by atoms with Crippen LogP contribution in [0.2, 0.25) is 0 Å². The zero-order valence-electron chi connectivity index (χ0n) is 22.8. The average molecular weight is 526 g/mol. The summed E-state index contributed by atoms with van der Waals surface area (Å²) in [5.74, 6) is -3.02. The normalized spacial score (nSPS) is 14.1. The van der Waals surface area contributed by atoms with Gasteiger partial charge in [-0.25, -0.2) is 9.59 Å². The predicted octanol–water partition coefficient (Wildman–Crippen LogP) is 4.93. The van der Waals surface area contributed by atoms with Crippen LogP contribution in [0.5, 0.6) is 11.5 Å². The highest BCUT2D eigenvalue weighted by Gasteiger charge is 2.31. The maximum Gasteiger partial charge on any atom is 0.514 e.